The van der Waals surface area contributed by atoms with Crippen LogP contribution in [0.3, 0.4) is 0 Å². The van der Waals surface area contributed by atoms with Crippen molar-refractivity contribution in [1.82, 2.24) is 10.2 Å². The smallest absolute Gasteiger partial charge is 0.237 e. The van der Waals surface area contributed by atoms with E-state index in [1.807, 2.05) is 4.90 Å². The van der Waals surface area contributed by atoms with Crippen molar-refractivity contribution in [3.63, 3.8) is 0 Å². The number of hydrogen-bond donors (Lipinski definition) is 1. The zero-order valence-electron chi connectivity index (χ0n) is 19.9. The van der Waals surface area contributed by atoms with E-state index in [0.29, 0.717) is 12.3 Å². The van der Waals surface area contributed by atoms with Gasteiger partial charge in [-0.2, -0.15) is 0 Å². The van der Waals surface area contributed by atoms with Gasteiger partial charge in [-0.1, -0.05) is 71.7 Å². The van der Waals surface area contributed by atoms with Crippen molar-refractivity contribution in [2.75, 3.05) is 18.1 Å². The fourth-order valence-corrected chi connectivity index (χ4v) is 6.81. The molecule has 1 saturated carbocycles. The van der Waals surface area contributed by atoms with Gasteiger partial charge in [-0.15, -0.1) is 0 Å². The Bertz CT molecular complexity index is 850. The first-order valence-corrected chi connectivity index (χ1v) is 13.7. The molecule has 6 heteroatoms. The van der Waals surface area contributed by atoms with Crippen LogP contribution in [0, 0.1) is 5.92 Å². The van der Waals surface area contributed by atoms with Crippen LogP contribution in [-0.2, 0) is 20.0 Å². The fraction of sp³-hybridized carbons (Fsp3) is 0.720. The molecule has 2 unspecified atom stereocenters. The lowest BCUT2D eigenvalue weighted by Gasteiger charge is -2.35. The van der Waals surface area contributed by atoms with Crippen LogP contribution in [0.2, 0.25) is 0 Å². The van der Waals surface area contributed by atoms with Crippen molar-refractivity contribution in [1.29, 1.82) is 0 Å². The van der Waals surface area contributed by atoms with E-state index in [-0.39, 0.29) is 47.5 Å². The molecule has 0 radical (unpaired) electrons. The summed E-state index contributed by atoms with van der Waals surface area (Å²) in [5.74, 6) is 0.707. The van der Waals surface area contributed by atoms with Crippen molar-refractivity contribution in [2.45, 2.75) is 90.3 Å². The van der Waals surface area contributed by atoms with E-state index in [1.54, 1.807) is 0 Å². The minimum atomic E-state index is -3.02. The first-order chi connectivity index (χ1) is 14.5. The normalized spacial score (nSPS) is 22.7. The van der Waals surface area contributed by atoms with E-state index < -0.39 is 9.84 Å². The lowest BCUT2D eigenvalue weighted by atomic mass is 9.85. The van der Waals surface area contributed by atoms with E-state index in [2.05, 4.69) is 64.2 Å². The molecule has 31 heavy (non-hydrogen) atoms. The van der Waals surface area contributed by atoms with Gasteiger partial charge in [-0.05, 0) is 41.7 Å². The number of carbonyl (C=O) groups is 1. The zero-order chi connectivity index (χ0) is 22.8. The quantitative estimate of drug-likeness (QED) is 0.678. The third-order valence-electron chi connectivity index (χ3n) is 6.88. The molecule has 0 bridgehead atoms. The first-order valence-electron chi connectivity index (χ1n) is 11.8. The Morgan fingerprint density at radius 3 is 2.16 bits per heavy atom. The maximum atomic E-state index is 13.3. The second-order valence-corrected chi connectivity index (χ2v) is 13.0. The summed E-state index contributed by atoms with van der Waals surface area (Å²) < 4.78 is 24.1. The first kappa shape index (κ1) is 24.2. The molecule has 1 saturated heterocycles. The van der Waals surface area contributed by atoms with Crippen molar-refractivity contribution in [3.8, 4) is 0 Å². The van der Waals surface area contributed by atoms with Gasteiger partial charge >= 0.3 is 0 Å². The van der Waals surface area contributed by atoms with Gasteiger partial charge in [0.25, 0.3) is 0 Å². The summed E-state index contributed by atoms with van der Waals surface area (Å²) in [7, 11) is -3.02. The van der Waals surface area contributed by atoms with Crippen LogP contribution in [-0.4, -0.2) is 49.4 Å². The Labute approximate surface area is 188 Å². The van der Waals surface area contributed by atoms with Gasteiger partial charge in [-0.25, -0.2) is 8.42 Å². The summed E-state index contributed by atoms with van der Waals surface area (Å²) in [6, 6.07) is 8.81. The average Bonchev–Trinajstić information content (AvgIpc) is 3.31. The molecule has 2 fully saturated rings. The Morgan fingerprint density at radius 2 is 1.68 bits per heavy atom. The summed E-state index contributed by atoms with van der Waals surface area (Å²) in [5, 5.41) is 3.50. The molecule has 174 valence electrons. The number of sulfone groups is 1. The monoisotopic (exact) mass is 448 g/mol. The van der Waals surface area contributed by atoms with Crippen molar-refractivity contribution in [3.05, 3.63) is 35.4 Å². The van der Waals surface area contributed by atoms with Crippen molar-refractivity contribution < 1.29 is 13.2 Å². The number of rotatable bonds is 7. The van der Waals surface area contributed by atoms with Gasteiger partial charge in [0.2, 0.25) is 5.91 Å². The van der Waals surface area contributed by atoms with Gasteiger partial charge in [0.1, 0.15) is 0 Å². The predicted molar refractivity (Wildman–Crippen MR) is 127 cm³/mol. The number of nitrogens with one attached hydrogen (secondary N) is 1. The molecule has 1 aliphatic heterocycles. The summed E-state index contributed by atoms with van der Waals surface area (Å²) in [5.41, 5.74) is 2.59. The molecule has 3 rings (SSSR count). The second-order valence-electron chi connectivity index (χ2n) is 10.8. The second kappa shape index (κ2) is 9.62. The maximum Gasteiger partial charge on any atom is 0.237 e. The molecular formula is C25H40N2O3S. The van der Waals surface area contributed by atoms with Gasteiger partial charge in [-0.3, -0.25) is 4.79 Å². The molecule has 1 heterocycles. The average molecular weight is 449 g/mol. The molecule has 1 aromatic carbocycles. The predicted octanol–water partition coefficient (Wildman–Crippen LogP) is 4.23. The van der Waals surface area contributed by atoms with Crippen molar-refractivity contribution >= 4 is 15.7 Å². The minimum absolute atomic E-state index is 0.0472. The van der Waals surface area contributed by atoms with Crippen LogP contribution < -0.4 is 5.32 Å². The van der Waals surface area contributed by atoms with Crippen LogP contribution in [0.1, 0.15) is 83.9 Å². The zero-order valence-corrected chi connectivity index (χ0v) is 20.7. The number of hydrogen-bond acceptors (Lipinski definition) is 4. The fourth-order valence-electron chi connectivity index (χ4n) is 5.10. The lowest BCUT2D eigenvalue weighted by Crippen LogP contribution is -2.50. The molecule has 2 atom stereocenters. The lowest BCUT2D eigenvalue weighted by molar-refractivity contribution is -0.134. The summed E-state index contributed by atoms with van der Waals surface area (Å²) in [6.07, 6.45) is 4.80. The van der Waals surface area contributed by atoms with Crippen LogP contribution in [0.5, 0.6) is 0 Å². The van der Waals surface area contributed by atoms with Crippen LogP contribution >= 0.6 is 0 Å². The van der Waals surface area contributed by atoms with Gasteiger partial charge in [0.05, 0.1) is 18.1 Å². The van der Waals surface area contributed by atoms with E-state index in [9.17, 15) is 13.2 Å². The van der Waals surface area contributed by atoms with Gasteiger partial charge in [0.15, 0.2) is 9.84 Å². The van der Waals surface area contributed by atoms with E-state index >= 15 is 0 Å². The molecule has 0 spiro atoms. The molecule has 2 aliphatic rings. The summed E-state index contributed by atoms with van der Waals surface area (Å²) in [6.45, 7) is 11.2. The Kier molecular flexibility index (Phi) is 7.52. The maximum absolute atomic E-state index is 13.3. The third-order valence-corrected chi connectivity index (χ3v) is 8.63. The molecule has 1 aromatic rings. The Balaban J connectivity index is 1.71. The molecule has 5 nitrogen and oxygen atoms in total. The SMILES string of the molecule is CC(C)C(NCC(=O)N(C1CCCC1)C1CCS(=O)(=O)C1)c1ccc(C(C)(C)C)cc1. The van der Waals surface area contributed by atoms with E-state index in [4.69, 9.17) is 0 Å². The third kappa shape index (κ3) is 6.10. The molecule has 0 aromatic heterocycles. The highest BCUT2D eigenvalue weighted by Crippen LogP contribution is 2.30. The highest BCUT2D eigenvalue weighted by atomic mass is 32.2. The largest absolute Gasteiger partial charge is 0.335 e. The van der Waals surface area contributed by atoms with Gasteiger partial charge in [0, 0.05) is 18.1 Å². The number of carbonyl (C=O) groups excluding carboxylic acids is 1. The highest BCUT2D eigenvalue weighted by Gasteiger charge is 2.39. The topological polar surface area (TPSA) is 66.5 Å². The summed E-state index contributed by atoms with van der Waals surface area (Å²) in [4.78, 5) is 15.3. The Hall–Kier alpha value is -1.40. The molecule has 1 aliphatic carbocycles. The summed E-state index contributed by atoms with van der Waals surface area (Å²) >= 11 is 0. The molecular weight excluding hydrogens is 408 g/mol. The van der Waals surface area contributed by atoms with Crippen molar-refractivity contribution in [2.24, 2.45) is 5.92 Å². The molecule has 1 amide bonds. The van der Waals surface area contributed by atoms with Gasteiger partial charge < -0.3 is 10.2 Å². The number of amides is 1. The minimum Gasteiger partial charge on any atom is -0.335 e. The van der Waals surface area contributed by atoms with E-state index in [0.717, 1.165) is 25.7 Å². The van der Waals surface area contributed by atoms with E-state index in [1.165, 1.54) is 11.1 Å². The standard InChI is InChI=1S/C25H40N2O3S/c1-18(2)24(19-10-12-20(13-11-19)25(3,4)5)26-16-23(28)27(21-8-6-7-9-21)22-14-15-31(29,30)17-22/h10-13,18,21-22,24,26H,6-9,14-17H2,1-5H3. The Morgan fingerprint density at radius 1 is 1.06 bits per heavy atom. The number of nitrogens with zero attached hydrogens (tertiary/aromatic N) is 1. The van der Waals surface area contributed by atoms with Crippen LogP contribution in [0.15, 0.2) is 24.3 Å². The van der Waals surface area contributed by atoms with Crippen LogP contribution in [0.4, 0.5) is 0 Å². The van der Waals surface area contributed by atoms with Crippen LogP contribution in [0.25, 0.3) is 0 Å². The highest BCUT2D eigenvalue weighted by molar-refractivity contribution is 7.91. The number of benzene rings is 1. The molecule has 1 N–H and O–H groups in total.